The van der Waals surface area contributed by atoms with Crippen molar-refractivity contribution in [2.45, 2.75) is 52.0 Å². The Kier molecular flexibility index (Phi) is 3.31. The summed E-state index contributed by atoms with van der Waals surface area (Å²) in [7, 11) is 2.02. The van der Waals surface area contributed by atoms with Crippen molar-refractivity contribution < 1.29 is 0 Å². The molecule has 0 spiro atoms. The van der Waals surface area contributed by atoms with Crippen LogP contribution in [-0.2, 0) is 13.5 Å². The number of nitrogens with one attached hydrogen (secondary N) is 2. The van der Waals surface area contributed by atoms with Crippen LogP contribution in [0.3, 0.4) is 0 Å². The van der Waals surface area contributed by atoms with E-state index < -0.39 is 0 Å². The van der Waals surface area contributed by atoms with Gasteiger partial charge in [0.1, 0.15) is 11.5 Å². The molecule has 96 valence electrons. The van der Waals surface area contributed by atoms with Gasteiger partial charge in [-0.1, -0.05) is 27.2 Å². The fourth-order valence-corrected chi connectivity index (χ4v) is 2.55. The highest BCUT2D eigenvalue weighted by atomic mass is 15.4. The Labute approximate surface area is 104 Å². The van der Waals surface area contributed by atoms with Gasteiger partial charge in [0.15, 0.2) is 0 Å². The SMILES string of the molecule is CCCc1nn(C)c2c1NCC(CC)(CC)N2. The second-order valence-corrected chi connectivity index (χ2v) is 5.01. The molecule has 0 bridgehead atoms. The summed E-state index contributed by atoms with van der Waals surface area (Å²) in [4.78, 5) is 0. The lowest BCUT2D eigenvalue weighted by Gasteiger charge is -2.38. The van der Waals surface area contributed by atoms with Crippen LogP contribution in [0.5, 0.6) is 0 Å². The van der Waals surface area contributed by atoms with E-state index in [1.807, 2.05) is 11.7 Å². The van der Waals surface area contributed by atoms with Crippen molar-refractivity contribution in [3.63, 3.8) is 0 Å². The minimum absolute atomic E-state index is 0.185. The van der Waals surface area contributed by atoms with Crippen molar-refractivity contribution in [1.29, 1.82) is 0 Å². The van der Waals surface area contributed by atoms with Crippen molar-refractivity contribution in [1.82, 2.24) is 9.78 Å². The van der Waals surface area contributed by atoms with Crippen LogP contribution in [0.25, 0.3) is 0 Å². The normalized spacial score (nSPS) is 17.2. The van der Waals surface area contributed by atoms with E-state index in [1.165, 1.54) is 11.4 Å². The van der Waals surface area contributed by atoms with E-state index in [9.17, 15) is 0 Å². The molecule has 0 atom stereocenters. The van der Waals surface area contributed by atoms with Crippen molar-refractivity contribution in [3.05, 3.63) is 5.69 Å². The van der Waals surface area contributed by atoms with E-state index in [0.29, 0.717) is 0 Å². The summed E-state index contributed by atoms with van der Waals surface area (Å²) in [6.07, 6.45) is 4.44. The van der Waals surface area contributed by atoms with Crippen LogP contribution < -0.4 is 10.6 Å². The molecule has 0 fully saturated rings. The van der Waals surface area contributed by atoms with Crippen LogP contribution in [0.2, 0.25) is 0 Å². The maximum Gasteiger partial charge on any atom is 0.148 e. The van der Waals surface area contributed by atoms with Crippen molar-refractivity contribution in [2.75, 3.05) is 17.2 Å². The lowest BCUT2D eigenvalue weighted by atomic mass is 9.91. The van der Waals surface area contributed by atoms with E-state index in [0.717, 1.165) is 38.0 Å². The molecule has 0 unspecified atom stereocenters. The number of aryl methyl sites for hydroxylation is 2. The van der Waals surface area contributed by atoms with Gasteiger partial charge >= 0.3 is 0 Å². The number of anilines is 2. The van der Waals surface area contributed by atoms with Gasteiger partial charge in [0.2, 0.25) is 0 Å². The Balaban J connectivity index is 2.32. The van der Waals surface area contributed by atoms with E-state index in [1.54, 1.807) is 0 Å². The first-order chi connectivity index (χ1) is 8.15. The van der Waals surface area contributed by atoms with Gasteiger partial charge in [-0.05, 0) is 19.3 Å². The highest BCUT2D eigenvalue weighted by molar-refractivity contribution is 5.71. The Hall–Kier alpha value is -1.19. The monoisotopic (exact) mass is 236 g/mol. The van der Waals surface area contributed by atoms with Gasteiger partial charge in [-0.25, -0.2) is 0 Å². The third kappa shape index (κ3) is 2.01. The molecule has 0 aliphatic carbocycles. The summed E-state index contributed by atoms with van der Waals surface area (Å²) < 4.78 is 1.98. The van der Waals surface area contributed by atoms with Gasteiger partial charge in [-0.15, -0.1) is 0 Å². The van der Waals surface area contributed by atoms with Gasteiger partial charge in [-0.3, -0.25) is 4.68 Å². The fraction of sp³-hybridized carbons (Fsp3) is 0.769. The molecule has 0 amide bonds. The minimum atomic E-state index is 0.185. The Morgan fingerprint density at radius 1 is 1.29 bits per heavy atom. The summed E-state index contributed by atoms with van der Waals surface area (Å²) in [5.41, 5.74) is 2.59. The summed E-state index contributed by atoms with van der Waals surface area (Å²) in [5, 5.41) is 11.9. The molecule has 2 heterocycles. The molecule has 0 radical (unpaired) electrons. The Morgan fingerprint density at radius 3 is 2.59 bits per heavy atom. The van der Waals surface area contributed by atoms with E-state index >= 15 is 0 Å². The maximum atomic E-state index is 4.61. The molecule has 0 saturated heterocycles. The molecule has 0 aromatic carbocycles. The lowest BCUT2D eigenvalue weighted by Crippen LogP contribution is -2.47. The quantitative estimate of drug-likeness (QED) is 0.844. The summed E-state index contributed by atoms with van der Waals surface area (Å²) in [5.74, 6) is 1.16. The molecule has 2 N–H and O–H groups in total. The zero-order valence-electron chi connectivity index (χ0n) is 11.4. The number of hydrogen-bond acceptors (Lipinski definition) is 3. The third-order valence-corrected chi connectivity index (χ3v) is 3.95. The highest BCUT2D eigenvalue weighted by Crippen LogP contribution is 2.35. The van der Waals surface area contributed by atoms with Gasteiger partial charge in [0, 0.05) is 13.6 Å². The maximum absolute atomic E-state index is 4.61. The van der Waals surface area contributed by atoms with Crippen LogP contribution >= 0.6 is 0 Å². The molecule has 2 rings (SSSR count). The first kappa shape index (κ1) is 12.3. The first-order valence-corrected chi connectivity index (χ1v) is 6.73. The Bertz CT molecular complexity index is 390. The predicted molar refractivity (Wildman–Crippen MR) is 72.6 cm³/mol. The Morgan fingerprint density at radius 2 is 2.00 bits per heavy atom. The smallest absolute Gasteiger partial charge is 0.148 e. The van der Waals surface area contributed by atoms with Crippen LogP contribution in [0, 0.1) is 0 Å². The second-order valence-electron chi connectivity index (χ2n) is 5.01. The molecule has 1 aliphatic rings. The third-order valence-electron chi connectivity index (χ3n) is 3.95. The molecule has 4 heteroatoms. The molecule has 4 nitrogen and oxygen atoms in total. The van der Waals surface area contributed by atoms with Gasteiger partial charge in [0.05, 0.1) is 11.2 Å². The molecular formula is C13H24N4. The topological polar surface area (TPSA) is 41.9 Å². The molecule has 17 heavy (non-hydrogen) atoms. The number of aromatic nitrogens is 2. The molecule has 1 aromatic heterocycles. The average Bonchev–Trinajstić information content (AvgIpc) is 2.66. The predicted octanol–water partition coefficient (Wildman–Crippen LogP) is 2.77. The first-order valence-electron chi connectivity index (χ1n) is 6.73. The average molecular weight is 236 g/mol. The largest absolute Gasteiger partial charge is 0.378 e. The van der Waals surface area contributed by atoms with Crippen LogP contribution in [-0.4, -0.2) is 21.9 Å². The summed E-state index contributed by atoms with van der Waals surface area (Å²) >= 11 is 0. The molecule has 0 saturated carbocycles. The highest BCUT2D eigenvalue weighted by Gasteiger charge is 2.33. The molecular weight excluding hydrogens is 212 g/mol. The van der Waals surface area contributed by atoms with E-state index in [4.69, 9.17) is 0 Å². The van der Waals surface area contributed by atoms with E-state index in [2.05, 4.69) is 36.5 Å². The van der Waals surface area contributed by atoms with Crippen molar-refractivity contribution in [2.24, 2.45) is 7.05 Å². The van der Waals surface area contributed by atoms with Gasteiger partial charge in [-0.2, -0.15) is 5.10 Å². The summed E-state index contributed by atoms with van der Waals surface area (Å²) in [6, 6.07) is 0. The van der Waals surface area contributed by atoms with E-state index in [-0.39, 0.29) is 5.54 Å². The standard InChI is InChI=1S/C13H24N4/c1-5-8-10-11-12(17(4)16-10)15-13(6-2,7-3)9-14-11/h14-15H,5-9H2,1-4H3. The zero-order valence-corrected chi connectivity index (χ0v) is 11.4. The number of fused-ring (bicyclic) bond motifs is 1. The van der Waals surface area contributed by atoms with Gasteiger partial charge < -0.3 is 10.6 Å². The van der Waals surface area contributed by atoms with Crippen LogP contribution in [0.1, 0.15) is 45.7 Å². The van der Waals surface area contributed by atoms with Crippen LogP contribution in [0.4, 0.5) is 11.5 Å². The van der Waals surface area contributed by atoms with Crippen molar-refractivity contribution in [3.8, 4) is 0 Å². The molecule has 1 aliphatic heterocycles. The van der Waals surface area contributed by atoms with Gasteiger partial charge in [0.25, 0.3) is 0 Å². The summed E-state index contributed by atoms with van der Waals surface area (Å²) in [6.45, 7) is 7.67. The fourth-order valence-electron chi connectivity index (χ4n) is 2.55. The zero-order chi connectivity index (χ0) is 12.5. The second kappa shape index (κ2) is 4.59. The van der Waals surface area contributed by atoms with Crippen molar-refractivity contribution >= 4 is 11.5 Å². The van der Waals surface area contributed by atoms with Crippen LogP contribution in [0.15, 0.2) is 0 Å². The number of hydrogen-bond donors (Lipinski definition) is 2. The lowest BCUT2D eigenvalue weighted by molar-refractivity contribution is 0.446. The number of rotatable bonds is 4. The number of nitrogens with zero attached hydrogens (tertiary/aromatic N) is 2. The minimum Gasteiger partial charge on any atom is -0.378 e. The molecule has 1 aromatic rings.